The zero-order chi connectivity index (χ0) is 13.7. The van der Waals surface area contributed by atoms with Gasteiger partial charge in [-0.15, -0.1) is 0 Å². The third-order valence-electron chi connectivity index (χ3n) is 3.96. The fourth-order valence-electron chi connectivity index (χ4n) is 2.26. The predicted octanol–water partition coefficient (Wildman–Crippen LogP) is 3.97. The van der Waals surface area contributed by atoms with Gasteiger partial charge in [-0.1, -0.05) is 32.9 Å². The summed E-state index contributed by atoms with van der Waals surface area (Å²) in [5, 5.41) is 3.51. The van der Waals surface area contributed by atoms with Crippen molar-refractivity contribution in [1.82, 2.24) is 5.32 Å². The Balaban J connectivity index is 1.91. The topological polar surface area (TPSA) is 21.3 Å². The maximum Gasteiger partial charge on any atom is 0.119 e. The van der Waals surface area contributed by atoms with Crippen LogP contribution in [0.25, 0.3) is 0 Å². The number of benzene rings is 1. The van der Waals surface area contributed by atoms with Gasteiger partial charge in [0.25, 0.3) is 0 Å². The van der Waals surface area contributed by atoms with Gasteiger partial charge in [-0.2, -0.15) is 0 Å². The van der Waals surface area contributed by atoms with Crippen LogP contribution in [0.1, 0.15) is 51.5 Å². The summed E-state index contributed by atoms with van der Waals surface area (Å²) in [7, 11) is 0. The molecule has 2 unspecified atom stereocenters. The molecular formula is C17H27NO. The molecule has 1 N–H and O–H groups in total. The van der Waals surface area contributed by atoms with Crippen molar-refractivity contribution < 1.29 is 4.74 Å². The maximum atomic E-state index is 5.88. The molecule has 0 spiro atoms. The maximum absolute atomic E-state index is 5.88. The molecule has 0 aliphatic heterocycles. The summed E-state index contributed by atoms with van der Waals surface area (Å²) in [6.07, 6.45) is 4.12. The van der Waals surface area contributed by atoms with Crippen LogP contribution in [-0.2, 0) is 0 Å². The van der Waals surface area contributed by atoms with Crippen LogP contribution in [-0.4, -0.2) is 19.2 Å². The van der Waals surface area contributed by atoms with Crippen LogP contribution >= 0.6 is 0 Å². The second-order valence-electron chi connectivity index (χ2n) is 5.86. The fourth-order valence-corrected chi connectivity index (χ4v) is 2.26. The molecule has 0 heterocycles. The van der Waals surface area contributed by atoms with Gasteiger partial charge in [0, 0.05) is 0 Å². The Kier molecular flexibility index (Phi) is 5.26. The second-order valence-corrected chi connectivity index (χ2v) is 5.86. The van der Waals surface area contributed by atoms with Gasteiger partial charge in [0.2, 0.25) is 0 Å². The highest BCUT2D eigenvalue weighted by Gasteiger charge is 2.23. The van der Waals surface area contributed by atoms with Crippen LogP contribution in [0.5, 0.6) is 5.75 Å². The fraction of sp³-hybridized carbons (Fsp3) is 0.647. The summed E-state index contributed by atoms with van der Waals surface area (Å²) in [6.45, 7) is 9.04. The van der Waals surface area contributed by atoms with E-state index in [4.69, 9.17) is 4.74 Å². The van der Waals surface area contributed by atoms with Crippen LogP contribution < -0.4 is 10.1 Å². The Labute approximate surface area is 117 Å². The summed E-state index contributed by atoms with van der Waals surface area (Å²) >= 11 is 0. The summed E-state index contributed by atoms with van der Waals surface area (Å²) in [6, 6.07) is 8.64. The van der Waals surface area contributed by atoms with Crippen molar-refractivity contribution in [2.75, 3.05) is 13.1 Å². The molecule has 2 rings (SSSR count). The first-order chi connectivity index (χ1) is 9.20. The molecule has 1 aromatic rings. The molecule has 1 aromatic carbocycles. The molecule has 0 amide bonds. The largest absolute Gasteiger partial charge is 0.490 e. The van der Waals surface area contributed by atoms with Crippen molar-refractivity contribution in [2.45, 2.75) is 52.1 Å². The van der Waals surface area contributed by atoms with Crippen LogP contribution in [0.2, 0.25) is 0 Å². The predicted molar refractivity (Wildman–Crippen MR) is 80.8 cm³/mol. The zero-order valence-corrected chi connectivity index (χ0v) is 12.5. The minimum Gasteiger partial charge on any atom is -0.490 e. The minimum atomic E-state index is 0.481. The number of ether oxygens (including phenoxy) is 1. The summed E-state index contributed by atoms with van der Waals surface area (Å²) in [4.78, 5) is 0. The molecule has 2 atom stereocenters. The number of hydrogen-bond donors (Lipinski definition) is 1. The van der Waals surface area contributed by atoms with Gasteiger partial charge in [0.1, 0.15) is 5.75 Å². The van der Waals surface area contributed by atoms with E-state index in [0.717, 1.165) is 18.8 Å². The van der Waals surface area contributed by atoms with Gasteiger partial charge in [-0.05, 0) is 61.9 Å². The third-order valence-corrected chi connectivity index (χ3v) is 3.96. The zero-order valence-electron chi connectivity index (χ0n) is 12.5. The highest BCUT2D eigenvalue weighted by molar-refractivity contribution is 5.31. The van der Waals surface area contributed by atoms with Crippen molar-refractivity contribution in [2.24, 2.45) is 5.92 Å². The average Bonchev–Trinajstić information content (AvgIpc) is 3.22. The lowest BCUT2D eigenvalue weighted by Gasteiger charge is -2.21. The van der Waals surface area contributed by atoms with Crippen LogP contribution in [0.4, 0.5) is 0 Å². The van der Waals surface area contributed by atoms with E-state index in [1.807, 2.05) is 0 Å². The lowest BCUT2D eigenvalue weighted by atomic mass is 9.89. The summed E-state index contributed by atoms with van der Waals surface area (Å²) in [5.41, 5.74) is 1.39. The van der Waals surface area contributed by atoms with E-state index in [1.54, 1.807) is 0 Å². The summed E-state index contributed by atoms with van der Waals surface area (Å²) in [5.74, 6) is 2.25. The minimum absolute atomic E-state index is 0.481. The molecule has 0 bridgehead atoms. The molecular weight excluding hydrogens is 234 g/mol. The average molecular weight is 261 g/mol. The van der Waals surface area contributed by atoms with Crippen molar-refractivity contribution in [3.05, 3.63) is 29.8 Å². The molecule has 0 saturated heterocycles. The summed E-state index contributed by atoms with van der Waals surface area (Å²) < 4.78 is 5.88. The van der Waals surface area contributed by atoms with E-state index in [2.05, 4.69) is 50.4 Å². The molecule has 2 heteroatoms. The molecule has 106 valence electrons. The van der Waals surface area contributed by atoms with E-state index >= 15 is 0 Å². The smallest absolute Gasteiger partial charge is 0.119 e. The van der Waals surface area contributed by atoms with E-state index in [0.29, 0.717) is 17.9 Å². The molecule has 1 fully saturated rings. The Morgan fingerprint density at radius 2 is 2.11 bits per heavy atom. The first kappa shape index (κ1) is 14.4. The SMILES string of the molecule is CCCNCC(C)C(C)c1cccc(OC2CC2)c1. The molecule has 1 aliphatic carbocycles. The van der Waals surface area contributed by atoms with E-state index < -0.39 is 0 Å². The second kappa shape index (κ2) is 6.95. The molecule has 0 radical (unpaired) electrons. The Morgan fingerprint density at radius 3 is 2.79 bits per heavy atom. The molecule has 0 aromatic heterocycles. The Hall–Kier alpha value is -1.02. The molecule has 1 saturated carbocycles. The molecule has 19 heavy (non-hydrogen) atoms. The standard InChI is InChI=1S/C17H27NO/c1-4-10-18-12-13(2)14(3)15-6-5-7-17(11-15)19-16-8-9-16/h5-7,11,13-14,16,18H,4,8-10,12H2,1-3H3. The molecule has 1 aliphatic rings. The number of nitrogens with one attached hydrogen (secondary N) is 1. The lowest BCUT2D eigenvalue weighted by molar-refractivity contribution is 0.302. The van der Waals surface area contributed by atoms with E-state index in [9.17, 15) is 0 Å². The number of hydrogen-bond acceptors (Lipinski definition) is 2. The van der Waals surface area contributed by atoms with Gasteiger partial charge in [0.15, 0.2) is 0 Å². The van der Waals surface area contributed by atoms with Gasteiger partial charge < -0.3 is 10.1 Å². The van der Waals surface area contributed by atoms with E-state index in [1.165, 1.54) is 24.8 Å². The van der Waals surface area contributed by atoms with Gasteiger partial charge in [0.05, 0.1) is 6.10 Å². The lowest BCUT2D eigenvalue weighted by Crippen LogP contribution is -2.25. The first-order valence-electron chi connectivity index (χ1n) is 7.68. The van der Waals surface area contributed by atoms with Gasteiger partial charge >= 0.3 is 0 Å². The van der Waals surface area contributed by atoms with Gasteiger partial charge in [-0.3, -0.25) is 0 Å². The Bertz CT molecular complexity index is 387. The monoisotopic (exact) mass is 261 g/mol. The van der Waals surface area contributed by atoms with Crippen LogP contribution in [0.15, 0.2) is 24.3 Å². The first-order valence-corrected chi connectivity index (χ1v) is 7.68. The Morgan fingerprint density at radius 1 is 1.32 bits per heavy atom. The van der Waals surface area contributed by atoms with Crippen LogP contribution in [0, 0.1) is 5.92 Å². The van der Waals surface area contributed by atoms with Crippen molar-refractivity contribution in [1.29, 1.82) is 0 Å². The quantitative estimate of drug-likeness (QED) is 0.715. The van der Waals surface area contributed by atoms with E-state index in [-0.39, 0.29) is 0 Å². The third kappa shape index (κ3) is 4.54. The van der Waals surface area contributed by atoms with Gasteiger partial charge in [-0.25, -0.2) is 0 Å². The number of rotatable bonds is 8. The van der Waals surface area contributed by atoms with Crippen molar-refractivity contribution in [3.63, 3.8) is 0 Å². The normalized spacial score (nSPS) is 18.1. The van der Waals surface area contributed by atoms with Crippen molar-refractivity contribution in [3.8, 4) is 5.75 Å². The highest BCUT2D eigenvalue weighted by Crippen LogP contribution is 2.30. The van der Waals surface area contributed by atoms with Crippen LogP contribution in [0.3, 0.4) is 0 Å². The van der Waals surface area contributed by atoms with Crippen molar-refractivity contribution >= 4 is 0 Å². The molecule has 2 nitrogen and oxygen atoms in total. The highest BCUT2D eigenvalue weighted by atomic mass is 16.5.